The number of nitrogens with zero attached hydrogens (tertiary/aromatic N) is 1. The third-order valence-corrected chi connectivity index (χ3v) is 6.50. The molecule has 0 radical (unpaired) electrons. The highest BCUT2D eigenvalue weighted by molar-refractivity contribution is 7.98. The Hall–Kier alpha value is -1.56. The molecule has 2 aromatic rings. The average molecular weight is 414 g/mol. The Morgan fingerprint density at radius 2 is 1.79 bits per heavy atom. The number of rotatable bonds is 8. The van der Waals surface area contributed by atoms with Gasteiger partial charge in [0.2, 0.25) is 0 Å². The van der Waals surface area contributed by atoms with E-state index in [0.717, 1.165) is 36.9 Å². The minimum absolute atomic E-state index is 0.707. The van der Waals surface area contributed by atoms with Crippen molar-refractivity contribution >= 4 is 34.8 Å². The fourth-order valence-corrected chi connectivity index (χ4v) is 4.43. The normalized spacial score (nSPS) is 15.3. The molecule has 5 heteroatoms. The van der Waals surface area contributed by atoms with Crippen molar-refractivity contribution in [1.82, 2.24) is 10.2 Å². The summed E-state index contributed by atoms with van der Waals surface area (Å²) in [5.41, 5.74) is 2.35. The zero-order valence-corrected chi connectivity index (χ0v) is 18.3. The van der Waals surface area contributed by atoms with Crippen LogP contribution in [-0.4, -0.2) is 36.2 Å². The summed E-state index contributed by atoms with van der Waals surface area (Å²) in [5, 5.41) is 7.32. The minimum atomic E-state index is 0.707. The molecule has 0 saturated carbocycles. The molecule has 0 aromatic heterocycles. The largest absolute Gasteiger partial charge is 0.362 e. The zero-order chi connectivity index (χ0) is 19.6. The number of nitrogens with one attached hydrogen (secondary N) is 2. The van der Waals surface area contributed by atoms with Crippen molar-refractivity contribution < 1.29 is 0 Å². The van der Waals surface area contributed by atoms with E-state index in [-0.39, 0.29) is 0 Å². The third-order valence-electron chi connectivity index (χ3n) is 5.17. The highest BCUT2D eigenvalue weighted by Gasteiger charge is 2.14. The van der Waals surface area contributed by atoms with Crippen molar-refractivity contribution in [3.05, 3.63) is 60.2 Å². The quantitative estimate of drug-likeness (QED) is 0.344. The lowest BCUT2D eigenvalue weighted by atomic mass is 9.99. The predicted octanol–water partition coefficient (Wildman–Crippen LogP) is 5.39. The maximum atomic E-state index is 5.43. The first-order valence-corrected chi connectivity index (χ1v) is 11.6. The molecule has 1 aliphatic heterocycles. The zero-order valence-electron chi connectivity index (χ0n) is 16.7. The fourth-order valence-electron chi connectivity index (χ4n) is 3.33. The monoisotopic (exact) mass is 413 g/mol. The van der Waals surface area contributed by atoms with Crippen molar-refractivity contribution in [2.75, 3.05) is 31.5 Å². The van der Waals surface area contributed by atoms with Crippen LogP contribution in [0.2, 0.25) is 0 Å². The van der Waals surface area contributed by atoms with Crippen LogP contribution < -0.4 is 10.6 Å². The average Bonchev–Trinajstić information content (AvgIpc) is 2.73. The maximum absolute atomic E-state index is 5.43. The van der Waals surface area contributed by atoms with Crippen molar-refractivity contribution in [3.8, 4) is 0 Å². The number of hydrogen-bond acceptors (Lipinski definition) is 3. The van der Waals surface area contributed by atoms with Crippen LogP contribution in [0.15, 0.2) is 59.5 Å². The van der Waals surface area contributed by atoms with Crippen LogP contribution in [0.1, 0.15) is 31.7 Å². The smallest absolute Gasteiger partial charge is 0.170 e. The molecule has 2 N–H and O–H groups in total. The first-order valence-electron chi connectivity index (χ1n) is 10.2. The molecule has 0 bridgehead atoms. The Labute approximate surface area is 179 Å². The van der Waals surface area contributed by atoms with Gasteiger partial charge in [-0.2, -0.15) is 0 Å². The molecule has 0 unspecified atom stereocenters. The number of likely N-dealkylation sites (tertiary alicyclic amines) is 1. The van der Waals surface area contributed by atoms with Gasteiger partial charge in [-0.05, 0) is 86.9 Å². The summed E-state index contributed by atoms with van der Waals surface area (Å²) in [6.45, 7) is 6.94. The van der Waals surface area contributed by atoms with Gasteiger partial charge in [-0.15, -0.1) is 11.8 Å². The van der Waals surface area contributed by atoms with Gasteiger partial charge in [0.1, 0.15) is 0 Å². The van der Waals surface area contributed by atoms with Gasteiger partial charge >= 0.3 is 0 Å². The Morgan fingerprint density at radius 3 is 2.50 bits per heavy atom. The summed E-state index contributed by atoms with van der Waals surface area (Å²) < 4.78 is 0. The Kier molecular flexibility index (Phi) is 8.65. The number of thioether (sulfide) groups is 1. The molecule has 0 spiro atoms. The van der Waals surface area contributed by atoms with Gasteiger partial charge in [-0.1, -0.05) is 37.3 Å². The Morgan fingerprint density at radius 1 is 1.07 bits per heavy atom. The predicted molar refractivity (Wildman–Crippen MR) is 126 cm³/mol. The lowest BCUT2D eigenvalue weighted by molar-refractivity contribution is 0.191. The fraction of sp³-hybridized carbons (Fsp3) is 0.435. The van der Waals surface area contributed by atoms with Crippen LogP contribution in [-0.2, 0) is 5.75 Å². The van der Waals surface area contributed by atoms with Gasteiger partial charge in [0, 0.05) is 22.9 Å². The highest BCUT2D eigenvalue weighted by Crippen LogP contribution is 2.23. The van der Waals surface area contributed by atoms with E-state index in [1.165, 1.54) is 36.4 Å². The molecule has 1 fully saturated rings. The van der Waals surface area contributed by atoms with E-state index >= 15 is 0 Å². The third kappa shape index (κ3) is 7.46. The van der Waals surface area contributed by atoms with Gasteiger partial charge in [0.05, 0.1) is 0 Å². The Balaban J connectivity index is 1.31. The molecule has 3 nitrogen and oxygen atoms in total. The van der Waals surface area contributed by atoms with Crippen molar-refractivity contribution in [2.45, 2.75) is 36.8 Å². The molecule has 1 heterocycles. The molecule has 3 rings (SSSR count). The molecule has 1 saturated heterocycles. The second-order valence-electron chi connectivity index (χ2n) is 7.56. The number of thiocarbonyl (C=S) groups is 1. The van der Waals surface area contributed by atoms with E-state index in [1.54, 1.807) is 0 Å². The van der Waals surface area contributed by atoms with Crippen LogP contribution in [0.4, 0.5) is 5.69 Å². The van der Waals surface area contributed by atoms with Crippen molar-refractivity contribution in [1.29, 1.82) is 0 Å². The van der Waals surface area contributed by atoms with Gasteiger partial charge in [-0.25, -0.2) is 0 Å². The molecule has 1 aliphatic rings. The van der Waals surface area contributed by atoms with Gasteiger partial charge in [-0.3, -0.25) is 0 Å². The first-order chi connectivity index (χ1) is 13.7. The molecule has 0 aliphatic carbocycles. The minimum Gasteiger partial charge on any atom is -0.362 e. The molecular formula is C23H31N3S2. The molecule has 150 valence electrons. The van der Waals surface area contributed by atoms with Gasteiger partial charge in [0.15, 0.2) is 5.11 Å². The number of anilines is 1. The SMILES string of the molecule is CC1CCN(CCCNC(=S)Nc2ccc(CSc3ccccc3)cc2)CC1. The number of benzene rings is 2. The van der Waals surface area contributed by atoms with E-state index in [1.807, 2.05) is 11.8 Å². The first kappa shape index (κ1) is 21.2. The van der Waals surface area contributed by atoms with Crippen LogP contribution in [0.5, 0.6) is 0 Å². The second kappa shape index (κ2) is 11.4. The summed E-state index contributed by atoms with van der Waals surface area (Å²) in [6, 6.07) is 19.0. The molecule has 28 heavy (non-hydrogen) atoms. The van der Waals surface area contributed by atoms with Crippen molar-refractivity contribution in [2.24, 2.45) is 5.92 Å². The standard InChI is InChI=1S/C23H31N3S2/c1-19-12-16-26(17-13-19)15-5-14-24-23(27)25-21-10-8-20(9-11-21)18-28-22-6-3-2-4-7-22/h2-4,6-11,19H,5,12-18H2,1H3,(H2,24,25,27). The molecular weight excluding hydrogens is 382 g/mol. The highest BCUT2D eigenvalue weighted by atomic mass is 32.2. The van der Waals surface area contributed by atoms with Crippen molar-refractivity contribution in [3.63, 3.8) is 0 Å². The van der Waals surface area contributed by atoms with E-state index in [4.69, 9.17) is 12.2 Å². The van der Waals surface area contributed by atoms with Gasteiger partial charge in [0.25, 0.3) is 0 Å². The van der Waals surface area contributed by atoms with Crippen LogP contribution in [0.3, 0.4) is 0 Å². The number of hydrogen-bond donors (Lipinski definition) is 2. The summed E-state index contributed by atoms with van der Waals surface area (Å²) in [6.07, 6.45) is 3.81. The number of piperidine rings is 1. The van der Waals surface area contributed by atoms with Gasteiger partial charge < -0.3 is 15.5 Å². The molecule has 2 aromatic carbocycles. The summed E-state index contributed by atoms with van der Waals surface area (Å²) >= 11 is 7.29. The van der Waals surface area contributed by atoms with Crippen LogP contribution >= 0.6 is 24.0 Å². The van der Waals surface area contributed by atoms with Crippen LogP contribution in [0.25, 0.3) is 0 Å². The lowest BCUT2D eigenvalue weighted by Crippen LogP contribution is -2.36. The summed E-state index contributed by atoms with van der Waals surface area (Å²) in [4.78, 5) is 3.87. The summed E-state index contributed by atoms with van der Waals surface area (Å²) in [5.74, 6) is 1.87. The van der Waals surface area contributed by atoms with E-state index in [0.29, 0.717) is 5.11 Å². The van der Waals surface area contributed by atoms with E-state index in [2.05, 4.69) is 77.1 Å². The second-order valence-corrected chi connectivity index (χ2v) is 9.01. The Bertz CT molecular complexity index is 710. The van der Waals surface area contributed by atoms with E-state index in [9.17, 15) is 0 Å². The lowest BCUT2D eigenvalue weighted by Gasteiger charge is -2.30. The summed E-state index contributed by atoms with van der Waals surface area (Å²) in [7, 11) is 0. The molecule has 0 amide bonds. The van der Waals surface area contributed by atoms with Crippen LogP contribution in [0, 0.1) is 5.92 Å². The van der Waals surface area contributed by atoms with E-state index < -0.39 is 0 Å². The topological polar surface area (TPSA) is 27.3 Å². The molecule has 0 atom stereocenters. The maximum Gasteiger partial charge on any atom is 0.170 e.